The molecule has 1 atom stereocenters. The van der Waals surface area contributed by atoms with Gasteiger partial charge in [-0.2, -0.15) is 0 Å². The Bertz CT molecular complexity index is 777. The number of hydrogen-bond donors (Lipinski definition) is 2. The van der Waals surface area contributed by atoms with Crippen molar-refractivity contribution >= 4 is 17.4 Å². The van der Waals surface area contributed by atoms with Crippen molar-refractivity contribution in [2.24, 2.45) is 0 Å². The molecule has 2 aromatic carbocycles. The van der Waals surface area contributed by atoms with E-state index >= 15 is 0 Å². The number of fused-ring (bicyclic) bond motifs is 1. The smallest absolute Gasteiger partial charge is 0.321 e. The summed E-state index contributed by atoms with van der Waals surface area (Å²) in [5.41, 5.74) is 4.62. The number of carbonyl (C=O) groups excluding carboxylic acids is 1. The molecule has 2 aliphatic heterocycles. The molecule has 1 saturated heterocycles. The zero-order valence-electron chi connectivity index (χ0n) is 14.2. The first-order valence-corrected chi connectivity index (χ1v) is 8.85. The maximum absolute atomic E-state index is 12.4. The van der Waals surface area contributed by atoms with Crippen molar-refractivity contribution in [3.8, 4) is 0 Å². The zero-order valence-corrected chi connectivity index (χ0v) is 14.2. The molecule has 4 rings (SSSR count). The van der Waals surface area contributed by atoms with Gasteiger partial charge in [-0.1, -0.05) is 36.4 Å². The maximum atomic E-state index is 12.4. The van der Waals surface area contributed by atoms with E-state index in [9.17, 15) is 9.90 Å². The average molecular weight is 337 g/mol. The van der Waals surface area contributed by atoms with Crippen LogP contribution in [0.4, 0.5) is 16.2 Å². The van der Waals surface area contributed by atoms with Gasteiger partial charge in [0.25, 0.3) is 0 Å². The van der Waals surface area contributed by atoms with Crippen molar-refractivity contribution in [1.29, 1.82) is 0 Å². The van der Waals surface area contributed by atoms with Gasteiger partial charge in [0.2, 0.25) is 0 Å². The fraction of sp³-hybridized carbons (Fsp3) is 0.350. The lowest BCUT2D eigenvalue weighted by molar-refractivity contribution is 0.176. The predicted octanol–water partition coefficient (Wildman–Crippen LogP) is 2.85. The van der Waals surface area contributed by atoms with Crippen molar-refractivity contribution in [1.82, 2.24) is 4.90 Å². The van der Waals surface area contributed by atoms with Gasteiger partial charge < -0.3 is 20.2 Å². The van der Waals surface area contributed by atoms with Crippen LogP contribution in [-0.2, 0) is 13.0 Å². The molecule has 5 heteroatoms. The number of aliphatic hydroxyl groups is 1. The molecule has 0 radical (unpaired) electrons. The molecule has 2 N–H and O–H groups in total. The second-order valence-corrected chi connectivity index (χ2v) is 6.78. The first-order valence-electron chi connectivity index (χ1n) is 8.85. The predicted molar refractivity (Wildman–Crippen MR) is 98.9 cm³/mol. The molecule has 2 aromatic rings. The average Bonchev–Trinajstić information content (AvgIpc) is 3.23. The van der Waals surface area contributed by atoms with E-state index in [0.29, 0.717) is 19.5 Å². The van der Waals surface area contributed by atoms with E-state index in [1.807, 2.05) is 18.2 Å². The van der Waals surface area contributed by atoms with Crippen LogP contribution in [-0.4, -0.2) is 41.8 Å². The summed E-state index contributed by atoms with van der Waals surface area (Å²) in [6.45, 7) is 2.79. The van der Waals surface area contributed by atoms with E-state index in [0.717, 1.165) is 30.8 Å². The molecule has 0 saturated carbocycles. The summed E-state index contributed by atoms with van der Waals surface area (Å²) in [6, 6.07) is 16.3. The number of urea groups is 1. The summed E-state index contributed by atoms with van der Waals surface area (Å²) in [5.74, 6) is 0. The van der Waals surface area contributed by atoms with Crippen molar-refractivity contribution in [2.45, 2.75) is 25.5 Å². The Morgan fingerprint density at radius 1 is 1.12 bits per heavy atom. The second-order valence-electron chi connectivity index (χ2n) is 6.78. The quantitative estimate of drug-likeness (QED) is 0.905. The summed E-state index contributed by atoms with van der Waals surface area (Å²) in [7, 11) is 0. The van der Waals surface area contributed by atoms with E-state index in [1.165, 1.54) is 11.3 Å². The third kappa shape index (κ3) is 3.33. The third-order valence-electron chi connectivity index (χ3n) is 5.05. The van der Waals surface area contributed by atoms with Gasteiger partial charge in [0.15, 0.2) is 0 Å². The van der Waals surface area contributed by atoms with Crippen molar-refractivity contribution in [3.05, 3.63) is 59.7 Å². The summed E-state index contributed by atoms with van der Waals surface area (Å²) in [5, 5.41) is 12.6. The van der Waals surface area contributed by atoms with E-state index in [1.54, 1.807) is 4.90 Å². The molecule has 1 unspecified atom stereocenters. The molecule has 2 aliphatic rings. The number of carbonyl (C=O) groups is 1. The third-order valence-corrected chi connectivity index (χ3v) is 5.05. The summed E-state index contributed by atoms with van der Waals surface area (Å²) in [6.07, 6.45) is 1.32. The molecular formula is C20H23N3O2. The highest BCUT2D eigenvalue weighted by Crippen LogP contribution is 2.30. The monoisotopic (exact) mass is 337 g/mol. The summed E-state index contributed by atoms with van der Waals surface area (Å²) in [4.78, 5) is 16.5. The summed E-state index contributed by atoms with van der Waals surface area (Å²) >= 11 is 0. The van der Waals surface area contributed by atoms with E-state index in [-0.39, 0.29) is 6.03 Å². The fourth-order valence-corrected chi connectivity index (χ4v) is 3.68. The van der Waals surface area contributed by atoms with Gasteiger partial charge in [0.1, 0.15) is 0 Å². The minimum absolute atomic E-state index is 0.133. The van der Waals surface area contributed by atoms with Gasteiger partial charge in [0, 0.05) is 37.6 Å². The molecule has 2 heterocycles. The first-order chi connectivity index (χ1) is 12.2. The zero-order chi connectivity index (χ0) is 17.2. The SMILES string of the molecule is O=C(Nc1ccccc1CN1CCc2ccccc21)N1CCC(O)C1. The van der Waals surface area contributed by atoms with Crippen LogP contribution in [0.3, 0.4) is 0 Å². The Balaban J connectivity index is 1.49. The number of rotatable bonds is 3. The van der Waals surface area contributed by atoms with Gasteiger partial charge in [-0.25, -0.2) is 4.79 Å². The lowest BCUT2D eigenvalue weighted by Gasteiger charge is -2.23. The highest BCUT2D eigenvalue weighted by Gasteiger charge is 2.25. The van der Waals surface area contributed by atoms with Crippen LogP contribution in [0.25, 0.3) is 0 Å². The Kier molecular flexibility index (Phi) is 4.32. The van der Waals surface area contributed by atoms with Gasteiger partial charge in [-0.3, -0.25) is 0 Å². The molecule has 0 aromatic heterocycles. The van der Waals surface area contributed by atoms with Crippen LogP contribution < -0.4 is 10.2 Å². The lowest BCUT2D eigenvalue weighted by Crippen LogP contribution is -2.34. The summed E-state index contributed by atoms with van der Waals surface area (Å²) < 4.78 is 0. The number of para-hydroxylation sites is 2. The van der Waals surface area contributed by atoms with Gasteiger partial charge >= 0.3 is 6.03 Å². The van der Waals surface area contributed by atoms with Gasteiger partial charge in [-0.05, 0) is 36.1 Å². The van der Waals surface area contributed by atoms with Crippen molar-refractivity contribution < 1.29 is 9.90 Å². The number of aliphatic hydroxyl groups excluding tert-OH is 1. The van der Waals surface area contributed by atoms with Crippen LogP contribution in [0.2, 0.25) is 0 Å². The molecule has 25 heavy (non-hydrogen) atoms. The van der Waals surface area contributed by atoms with Crippen molar-refractivity contribution in [2.75, 3.05) is 29.9 Å². The Morgan fingerprint density at radius 3 is 2.76 bits per heavy atom. The molecule has 0 bridgehead atoms. The Labute approximate surface area is 147 Å². The number of likely N-dealkylation sites (tertiary alicyclic amines) is 1. The Hall–Kier alpha value is -2.53. The topological polar surface area (TPSA) is 55.8 Å². The van der Waals surface area contributed by atoms with Crippen LogP contribution in [0.15, 0.2) is 48.5 Å². The number of nitrogens with one attached hydrogen (secondary N) is 1. The first kappa shape index (κ1) is 16.0. The Morgan fingerprint density at radius 2 is 1.92 bits per heavy atom. The second kappa shape index (κ2) is 6.76. The lowest BCUT2D eigenvalue weighted by atomic mass is 10.1. The van der Waals surface area contributed by atoms with Crippen LogP contribution in [0, 0.1) is 0 Å². The molecular weight excluding hydrogens is 314 g/mol. The molecule has 5 nitrogen and oxygen atoms in total. The molecule has 2 amide bonds. The minimum atomic E-state index is -0.401. The minimum Gasteiger partial charge on any atom is -0.391 e. The number of hydrogen-bond acceptors (Lipinski definition) is 3. The standard InChI is InChI=1S/C20H23N3O2/c24-17-10-12-23(14-17)20(25)21-18-7-3-1-6-16(18)13-22-11-9-15-5-2-4-8-19(15)22/h1-8,17,24H,9-14H2,(H,21,25). The molecule has 0 spiro atoms. The van der Waals surface area contributed by atoms with Gasteiger partial charge in [-0.15, -0.1) is 0 Å². The van der Waals surface area contributed by atoms with E-state index in [4.69, 9.17) is 0 Å². The number of benzene rings is 2. The normalized spacial score (nSPS) is 19.2. The molecule has 1 fully saturated rings. The van der Waals surface area contributed by atoms with Crippen LogP contribution >= 0.6 is 0 Å². The van der Waals surface area contributed by atoms with E-state index in [2.05, 4.69) is 40.5 Å². The number of β-amino-alcohol motifs (C(OH)–C–C–N with tert-alkyl or cyclic N) is 1. The largest absolute Gasteiger partial charge is 0.391 e. The number of anilines is 2. The van der Waals surface area contributed by atoms with Crippen molar-refractivity contribution in [3.63, 3.8) is 0 Å². The van der Waals surface area contributed by atoms with Gasteiger partial charge in [0.05, 0.1) is 6.10 Å². The highest BCUT2D eigenvalue weighted by molar-refractivity contribution is 5.90. The van der Waals surface area contributed by atoms with E-state index < -0.39 is 6.10 Å². The number of amides is 2. The molecule has 0 aliphatic carbocycles. The number of nitrogens with zero attached hydrogens (tertiary/aromatic N) is 2. The highest BCUT2D eigenvalue weighted by atomic mass is 16.3. The maximum Gasteiger partial charge on any atom is 0.321 e. The van der Waals surface area contributed by atoms with Crippen LogP contribution in [0.1, 0.15) is 17.5 Å². The van der Waals surface area contributed by atoms with Crippen LogP contribution in [0.5, 0.6) is 0 Å². The molecule has 130 valence electrons. The fourth-order valence-electron chi connectivity index (χ4n) is 3.68.